The smallest absolute Gasteiger partial charge is 0.330 e. The summed E-state index contributed by atoms with van der Waals surface area (Å²) in [6.07, 6.45) is 12.4. The van der Waals surface area contributed by atoms with Gasteiger partial charge in [0.15, 0.2) is 0 Å². The van der Waals surface area contributed by atoms with Gasteiger partial charge in [-0.05, 0) is 43.7 Å². The molecule has 3 N–H and O–H groups in total. The van der Waals surface area contributed by atoms with Gasteiger partial charge < -0.3 is 35.0 Å². The van der Waals surface area contributed by atoms with Crippen LogP contribution < -0.4 is 20.1 Å². The second-order valence-electron chi connectivity index (χ2n) is 16.2. The van der Waals surface area contributed by atoms with Crippen molar-refractivity contribution in [1.82, 2.24) is 25.4 Å². The highest BCUT2D eigenvalue weighted by Crippen LogP contribution is 2.45. The number of carbonyl (C=O) groups excluding carboxylic acids is 3. The first-order valence-electron chi connectivity index (χ1n) is 20.3. The van der Waals surface area contributed by atoms with Crippen LogP contribution in [0.4, 0.5) is 4.79 Å². The van der Waals surface area contributed by atoms with Gasteiger partial charge in [0.05, 0.1) is 24.9 Å². The number of fused-ring (bicyclic) bond motifs is 1. The number of pyridine rings is 1. The number of amides is 4. The third-order valence-corrected chi connectivity index (χ3v) is 12.6. The molecule has 4 aliphatic rings. The van der Waals surface area contributed by atoms with Crippen LogP contribution in [0.15, 0.2) is 67.3 Å². The molecule has 12 nitrogen and oxygen atoms in total. The van der Waals surface area contributed by atoms with Crippen LogP contribution in [-0.4, -0.2) is 94.2 Å². The Kier molecular flexibility index (Phi) is 11.8. The van der Waals surface area contributed by atoms with Crippen LogP contribution in [0.1, 0.15) is 83.5 Å². The van der Waals surface area contributed by atoms with E-state index in [1.165, 1.54) is 17.4 Å². The van der Waals surface area contributed by atoms with Crippen molar-refractivity contribution in [2.75, 3.05) is 20.7 Å². The summed E-state index contributed by atoms with van der Waals surface area (Å²) in [5.74, 6) is -0.784. The van der Waals surface area contributed by atoms with Crippen molar-refractivity contribution in [3.05, 3.63) is 67.3 Å². The van der Waals surface area contributed by atoms with Crippen LogP contribution >= 0.6 is 0 Å². The molecular formula is C44H55N5O7. The largest absolute Gasteiger partial charge is 0.497 e. The van der Waals surface area contributed by atoms with Gasteiger partial charge in [0.25, 0.3) is 0 Å². The minimum absolute atomic E-state index is 0.0400. The van der Waals surface area contributed by atoms with Gasteiger partial charge in [0.2, 0.25) is 11.8 Å². The van der Waals surface area contributed by atoms with Crippen molar-refractivity contribution in [3.63, 3.8) is 0 Å². The Labute approximate surface area is 329 Å². The van der Waals surface area contributed by atoms with Crippen molar-refractivity contribution in [2.45, 2.75) is 113 Å². The third kappa shape index (κ3) is 8.34. The van der Waals surface area contributed by atoms with Crippen molar-refractivity contribution < 1.29 is 33.8 Å². The van der Waals surface area contributed by atoms with E-state index >= 15 is 0 Å². The van der Waals surface area contributed by atoms with Crippen LogP contribution in [0.25, 0.3) is 22.2 Å². The first kappa shape index (κ1) is 39.1. The fourth-order valence-electron chi connectivity index (χ4n) is 9.12. The highest BCUT2D eigenvalue weighted by molar-refractivity contribution is 5.95. The molecule has 1 aliphatic heterocycles. The van der Waals surface area contributed by atoms with Crippen molar-refractivity contribution in [1.29, 1.82) is 0 Å². The van der Waals surface area contributed by atoms with Crippen LogP contribution in [0.2, 0.25) is 0 Å². The van der Waals surface area contributed by atoms with Gasteiger partial charge in [0, 0.05) is 48.5 Å². The van der Waals surface area contributed by atoms with Crippen LogP contribution in [0, 0.1) is 11.8 Å². The number of carbonyl (C=O) groups is 4. The highest BCUT2D eigenvalue weighted by atomic mass is 16.5. The molecule has 0 spiro atoms. The Morgan fingerprint density at radius 1 is 1.02 bits per heavy atom. The van der Waals surface area contributed by atoms with Crippen LogP contribution in [-0.2, 0) is 14.4 Å². The van der Waals surface area contributed by atoms with Gasteiger partial charge in [0.1, 0.15) is 35.2 Å². The molecule has 1 aromatic heterocycles. The summed E-state index contributed by atoms with van der Waals surface area (Å²) >= 11 is 0. The van der Waals surface area contributed by atoms with Crippen LogP contribution in [0.3, 0.4) is 0 Å². The fraction of sp³-hybridized carbons (Fsp3) is 0.523. The summed E-state index contributed by atoms with van der Waals surface area (Å²) in [6.45, 7) is 3.80. The lowest BCUT2D eigenvalue weighted by Gasteiger charge is -2.36. The first-order chi connectivity index (χ1) is 27.1. The molecular weight excluding hydrogens is 711 g/mol. The normalized spacial score (nSPS) is 24.5. The summed E-state index contributed by atoms with van der Waals surface area (Å²) in [5, 5.41) is 16.7. The maximum atomic E-state index is 14.5. The molecule has 3 aromatic rings. The maximum Gasteiger partial charge on any atom is 0.330 e. The molecule has 4 amide bonds. The number of hydrogen-bond acceptors (Lipinski definition) is 7. The van der Waals surface area contributed by atoms with E-state index in [9.17, 15) is 24.3 Å². The fourth-order valence-corrected chi connectivity index (χ4v) is 9.12. The zero-order valence-corrected chi connectivity index (χ0v) is 32.6. The lowest BCUT2D eigenvalue weighted by Crippen LogP contribution is -2.58. The lowest BCUT2D eigenvalue weighted by molar-refractivity contribution is -0.144. The number of ether oxygens (including phenoxy) is 2. The van der Waals surface area contributed by atoms with Crippen LogP contribution in [0.5, 0.6) is 11.5 Å². The number of aromatic nitrogens is 1. The number of aliphatic carboxylic acids is 1. The Hall–Kier alpha value is -5.13. The standard InChI is InChI=1S/C44H55N5O7/c1-4-30-26-44(30,42(52)53)47-40(50)38-24-33(56-39-25-35(29-16-10-6-11-17-29)45-36-23-32(55-3)20-21-34(36)39)27-49(38)43(54)46-37(22-28-14-8-5-9-15-28)41(51)48(2)31-18-12-7-13-19-31/h4,6,10-11,16-17,20-21,23,25,28,30-31,33,37-38H,1,5,7-9,12-15,18-19,22,24,26-27H2,2-3H3,(H,46,54)(H,47,50)(H,52,53)/t30-,33-,37+,38+,44-/m1/s1. The van der Waals surface area contributed by atoms with Crippen molar-refractivity contribution >= 4 is 34.7 Å². The van der Waals surface area contributed by atoms with E-state index in [4.69, 9.17) is 14.5 Å². The quantitative estimate of drug-likeness (QED) is 0.163. The molecule has 7 rings (SSSR count). The Morgan fingerprint density at radius 2 is 1.73 bits per heavy atom. The number of urea groups is 1. The van der Waals surface area contributed by atoms with Gasteiger partial charge in [-0.15, -0.1) is 6.58 Å². The number of benzene rings is 2. The number of carboxylic acids is 1. The van der Waals surface area contributed by atoms with Crippen molar-refractivity contribution in [2.24, 2.45) is 11.8 Å². The number of likely N-dealkylation sites (N-methyl/N-ethyl adjacent to an activating group) is 1. The monoisotopic (exact) mass is 765 g/mol. The number of carboxylic acid groups (broad SMARTS) is 1. The van der Waals surface area contributed by atoms with E-state index in [1.54, 1.807) is 7.11 Å². The molecule has 3 saturated carbocycles. The molecule has 1 saturated heterocycles. The zero-order chi connectivity index (χ0) is 39.4. The summed E-state index contributed by atoms with van der Waals surface area (Å²) in [5.41, 5.74) is 0.745. The Balaban J connectivity index is 1.18. The SMILES string of the molecule is C=C[C@@H]1C[C@]1(NC(=O)[C@@H]1C[C@@H](Oc2cc(-c3ccccc3)nc3cc(OC)ccc23)CN1C(=O)N[C@@H](CC1CCCCC1)C(=O)N(C)C1CCCCC1)C(=O)O. The minimum Gasteiger partial charge on any atom is -0.497 e. The zero-order valence-electron chi connectivity index (χ0n) is 32.6. The average molecular weight is 766 g/mol. The summed E-state index contributed by atoms with van der Waals surface area (Å²) in [7, 11) is 3.45. The molecule has 0 unspecified atom stereocenters. The Bertz CT molecular complexity index is 1930. The molecule has 5 atom stereocenters. The topological polar surface area (TPSA) is 150 Å². The van der Waals surface area contributed by atoms with E-state index in [2.05, 4.69) is 17.2 Å². The van der Waals surface area contributed by atoms with Crippen molar-refractivity contribution in [3.8, 4) is 22.8 Å². The van der Waals surface area contributed by atoms with Gasteiger partial charge >= 0.3 is 12.0 Å². The minimum atomic E-state index is -1.48. The maximum absolute atomic E-state index is 14.5. The number of likely N-dealkylation sites (tertiary alicyclic amines) is 1. The summed E-state index contributed by atoms with van der Waals surface area (Å²) < 4.78 is 12.2. The molecule has 298 valence electrons. The number of methoxy groups -OCH3 is 1. The lowest BCUT2D eigenvalue weighted by atomic mass is 9.84. The van der Waals surface area contributed by atoms with Gasteiger partial charge in [-0.3, -0.25) is 9.59 Å². The van der Waals surface area contributed by atoms with Gasteiger partial charge in [-0.2, -0.15) is 0 Å². The number of hydrogen-bond donors (Lipinski definition) is 3. The predicted octanol–water partition coefficient (Wildman–Crippen LogP) is 6.72. The molecule has 0 radical (unpaired) electrons. The first-order valence-corrected chi connectivity index (χ1v) is 20.3. The van der Waals surface area contributed by atoms with E-state index in [-0.39, 0.29) is 31.3 Å². The van der Waals surface area contributed by atoms with E-state index in [1.807, 2.05) is 66.5 Å². The number of nitrogens with zero attached hydrogens (tertiary/aromatic N) is 3. The van der Waals surface area contributed by atoms with E-state index in [0.29, 0.717) is 35.0 Å². The molecule has 12 heteroatoms. The number of rotatable bonds is 13. The molecule has 0 bridgehead atoms. The van der Waals surface area contributed by atoms with Gasteiger partial charge in [-0.1, -0.05) is 87.8 Å². The molecule has 4 fully saturated rings. The predicted molar refractivity (Wildman–Crippen MR) is 213 cm³/mol. The summed E-state index contributed by atoms with van der Waals surface area (Å²) in [4.78, 5) is 63.5. The average Bonchev–Trinajstić information content (AvgIpc) is 3.79. The second kappa shape index (κ2) is 16.9. The molecule has 56 heavy (non-hydrogen) atoms. The van der Waals surface area contributed by atoms with E-state index in [0.717, 1.165) is 68.7 Å². The van der Waals surface area contributed by atoms with Gasteiger partial charge in [-0.25, -0.2) is 14.6 Å². The second-order valence-corrected chi connectivity index (χ2v) is 16.2. The highest BCUT2D eigenvalue weighted by Gasteiger charge is 2.61. The summed E-state index contributed by atoms with van der Waals surface area (Å²) in [6, 6.07) is 14.9. The molecule has 2 aromatic carbocycles. The third-order valence-electron chi connectivity index (χ3n) is 12.6. The molecule has 3 aliphatic carbocycles. The molecule has 2 heterocycles. The number of nitrogens with one attached hydrogen (secondary N) is 2. The van der Waals surface area contributed by atoms with E-state index < -0.39 is 47.6 Å². The Morgan fingerprint density at radius 3 is 2.39 bits per heavy atom.